The molecule has 0 spiro atoms. The van der Waals surface area contributed by atoms with E-state index in [1.54, 1.807) is 6.07 Å². The Hall–Kier alpha value is -1.97. The molecule has 1 N–H and O–H groups in total. The third-order valence-electron chi connectivity index (χ3n) is 3.01. The van der Waals surface area contributed by atoms with Crippen molar-refractivity contribution in [2.45, 2.75) is 26.4 Å². The standard InChI is InChI=1S/C15H19FN2O/c1-3-8-18-9-4-5-13(18)11-17-12-6-7-15(19-2)14(16)10-12/h4-7,9-10,17H,3,8,11H2,1-2H3. The average molecular weight is 262 g/mol. The molecule has 3 nitrogen and oxygen atoms in total. The molecule has 19 heavy (non-hydrogen) atoms. The molecule has 0 bridgehead atoms. The van der Waals surface area contributed by atoms with Crippen LogP contribution in [0.15, 0.2) is 36.5 Å². The van der Waals surface area contributed by atoms with E-state index in [1.807, 2.05) is 12.1 Å². The van der Waals surface area contributed by atoms with Crippen molar-refractivity contribution in [3.05, 3.63) is 48.0 Å². The van der Waals surface area contributed by atoms with Crippen LogP contribution in [0.1, 0.15) is 19.0 Å². The fourth-order valence-corrected chi connectivity index (χ4v) is 2.04. The smallest absolute Gasteiger partial charge is 0.167 e. The zero-order valence-corrected chi connectivity index (χ0v) is 11.3. The lowest BCUT2D eigenvalue weighted by atomic mass is 10.3. The highest BCUT2D eigenvalue weighted by atomic mass is 19.1. The van der Waals surface area contributed by atoms with Crippen LogP contribution in [0.5, 0.6) is 5.75 Å². The maximum absolute atomic E-state index is 13.5. The highest BCUT2D eigenvalue weighted by molar-refractivity contribution is 5.47. The third kappa shape index (κ3) is 3.28. The first-order valence-electron chi connectivity index (χ1n) is 6.46. The first kappa shape index (κ1) is 13.5. The molecular formula is C15H19FN2O. The number of benzene rings is 1. The SMILES string of the molecule is CCCn1cccc1CNc1ccc(OC)c(F)c1. The molecule has 0 saturated heterocycles. The fourth-order valence-electron chi connectivity index (χ4n) is 2.04. The Kier molecular flexibility index (Phi) is 4.44. The van der Waals surface area contributed by atoms with Gasteiger partial charge in [-0.25, -0.2) is 4.39 Å². The first-order valence-corrected chi connectivity index (χ1v) is 6.46. The minimum absolute atomic E-state index is 0.264. The molecule has 0 aliphatic carbocycles. The minimum Gasteiger partial charge on any atom is -0.494 e. The number of halogens is 1. The van der Waals surface area contributed by atoms with E-state index in [4.69, 9.17) is 4.74 Å². The van der Waals surface area contributed by atoms with E-state index in [9.17, 15) is 4.39 Å². The molecule has 2 aromatic rings. The quantitative estimate of drug-likeness (QED) is 0.860. The van der Waals surface area contributed by atoms with Gasteiger partial charge >= 0.3 is 0 Å². The van der Waals surface area contributed by atoms with Crippen molar-refractivity contribution in [2.24, 2.45) is 0 Å². The van der Waals surface area contributed by atoms with Gasteiger partial charge in [-0.05, 0) is 30.7 Å². The van der Waals surface area contributed by atoms with Gasteiger partial charge in [0.15, 0.2) is 11.6 Å². The molecule has 0 atom stereocenters. The second kappa shape index (κ2) is 6.27. The summed E-state index contributed by atoms with van der Waals surface area (Å²) in [5, 5.41) is 3.22. The van der Waals surface area contributed by atoms with Gasteiger partial charge in [-0.1, -0.05) is 6.92 Å². The molecule has 2 rings (SSSR count). The van der Waals surface area contributed by atoms with Crippen LogP contribution in [0.25, 0.3) is 0 Å². The van der Waals surface area contributed by atoms with Gasteiger partial charge in [0.1, 0.15) is 0 Å². The fraction of sp³-hybridized carbons (Fsp3) is 0.333. The maximum atomic E-state index is 13.5. The van der Waals surface area contributed by atoms with Gasteiger partial charge in [-0.15, -0.1) is 0 Å². The summed E-state index contributed by atoms with van der Waals surface area (Å²) in [7, 11) is 1.46. The van der Waals surface area contributed by atoms with Crippen LogP contribution in [0.4, 0.5) is 10.1 Å². The van der Waals surface area contributed by atoms with Crippen molar-refractivity contribution in [3.8, 4) is 5.75 Å². The summed E-state index contributed by atoms with van der Waals surface area (Å²) in [4.78, 5) is 0. The Balaban J connectivity index is 2.02. The Bertz CT molecular complexity index is 537. The molecule has 0 aliphatic rings. The van der Waals surface area contributed by atoms with Gasteiger partial charge in [0.05, 0.1) is 13.7 Å². The molecule has 0 aliphatic heterocycles. The Morgan fingerprint density at radius 2 is 2.16 bits per heavy atom. The van der Waals surface area contributed by atoms with Gasteiger partial charge in [-0.3, -0.25) is 0 Å². The second-order valence-electron chi connectivity index (χ2n) is 4.40. The summed E-state index contributed by atoms with van der Waals surface area (Å²) in [6.45, 7) is 3.83. The molecule has 102 valence electrons. The molecule has 0 saturated carbocycles. The molecule has 1 heterocycles. The number of hydrogen-bond donors (Lipinski definition) is 1. The van der Waals surface area contributed by atoms with E-state index in [0.29, 0.717) is 6.54 Å². The number of nitrogens with zero attached hydrogens (tertiary/aromatic N) is 1. The topological polar surface area (TPSA) is 26.2 Å². The number of hydrogen-bond acceptors (Lipinski definition) is 2. The van der Waals surface area contributed by atoms with Gasteiger partial charge in [0.25, 0.3) is 0 Å². The van der Waals surface area contributed by atoms with Crippen LogP contribution in [-0.4, -0.2) is 11.7 Å². The number of rotatable bonds is 6. The predicted molar refractivity (Wildman–Crippen MR) is 75.0 cm³/mol. The van der Waals surface area contributed by atoms with Crippen molar-refractivity contribution in [2.75, 3.05) is 12.4 Å². The number of ether oxygens (including phenoxy) is 1. The lowest BCUT2D eigenvalue weighted by Crippen LogP contribution is -2.07. The summed E-state index contributed by atoms with van der Waals surface area (Å²) >= 11 is 0. The van der Waals surface area contributed by atoms with Crippen molar-refractivity contribution in [1.82, 2.24) is 4.57 Å². The molecule has 0 unspecified atom stereocenters. The van der Waals surface area contributed by atoms with Crippen LogP contribution in [0.2, 0.25) is 0 Å². The van der Waals surface area contributed by atoms with Crippen molar-refractivity contribution in [1.29, 1.82) is 0 Å². The normalized spacial score (nSPS) is 10.5. The van der Waals surface area contributed by atoms with E-state index in [2.05, 4.69) is 29.1 Å². The van der Waals surface area contributed by atoms with E-state index in [1.165, 1.54) is 18.9 Å². The van der Waals surface area contributed by atoms with E-state index >= 15 is 0 Å². The monoisotopic (exact) mass is 262 g/mol. The largest absolute Gasteiger partial charge is 0.494 e. The van der Waals surface area contributed by atoms with Gasteiger partial charge in [0.2, 0.25) is 0 Å². The van der Waals surface area contributed by atoms with Gasteiger partial charge in [-0.2, -0.15) is 0 Å². The summed E-state index contributed by atoms with van der Waals surface area (Å²) in [6, 6.07) is 8.99. The molecule has 1 aromatic heterocycles. The molecular weight excluding hydrogens is 243 g/mol. The van der Waals surface area contributed by atoms with Crippen molar-refractivity contribution in [3.63, 3.8) is 0 Å². The van der Waals surface area contributed by atoms with Crippen LogP contribution in [-0.2, 0) is 13.1 Å². The Morgan fingerprint density at radius 1 is 1.32 bits per heavy atom. The molecule has 4 heteroatoms. The van der Waals surface area contributed by atoms with Gasteiger partial charge < -0.3 is 14.6 Å². The predicted octanol–water partition coefficient (Wildman–Crippen LogP) is 3.66. The molecule has 0 fully saturated rings. The number of methoxy groups -OCH3 is 1. The maximum Gasteiger partial charge on any atom is 0.167 e. The lowest BCUT2D eigenvalue weighted by Gasteiger charge is -2.11. The highest BCUT2D eigenvalue weighted by Crippen LogP contribution is 2.21. The summed E-state index contributed by atoms with van der Waals surface area (Å²) in [5.41, 5.74) is 1.95. The Labute approximate surface area is 113 Å². The number of anilines is 1. The van der Waals surface area contributed by atoms with Crippen LogP contribution in [0, 0.1) is 5.82 Å². The molecule has 1 aromatic carbocycles. The van der Waals surface area contributed by atoms with Crippen LogP contribution in [0.3, 0.4) is 0 Å². The lowest BCUT2D eigenvalue weighted by molar-refractivity contribution is 0.386. The number of aryl methyl sites for hydroxylation is 1. The van der Waals surface area contributed by atoms with Crippen molar-refractivity contribution >= 4 is 5.69 Å². The molecule has 0 amide bonds. The van der Waals surface area contributed by atoms with Crippen LogP contribution >= 0.6 is 0 Å². The number of nitrogens with one attached hydrogen (secondary N) is 1. The summed E-state index contributed by atoms with van der Waals surface area (Å²) in [5.74, 6) is -0.0867. The highest BCUT2D eigenvalue weighted by Gasteiger charge is 2.04. The minimum atomic E-state index is -0.351. The summed E-state index contributed by atoms with van der Waals surface area (Å²) in [6.07, 6.45) is 3.16. The van der Waals surface area contributed by atoms with E-state index in [-0.39, 0.29) is 11.6 Å². The first-order chi connectivity index (χ1) is 9.24. The van der Waals surface area contributed by atoms with E-state index in [0.717, 1.165) is 18.7 Å². The third-order valence-corrected chi connectivity index (χ3v) is 3.01. The molecule has 0 radical (unpaired) electrons. The van der Waals surface area contributed by atoms with Crippen molar-refractivity contribution < 1.29 is 9.13 Å². The Morgan fingerprint density at radius 3 is 2.84 bits per heavy atom. The van der Waals surface area contributed by atoms with Gasteiger partial charge in [0, 0.05) is 30.2 Å². The van der Waals surface area contributed by atoms with Crippen LogP contribution < -0.4 is 10.1 Å². The number of aromatic nitrogens is 1. The zero-order valence-electron chi connectivity index (χ0n) is 11.3. The van der Waals surface area contributed by atoms with E-state index < -0.39 is 0 Å². The zero-order chi connectivity index (χ0) is 13.7. The second-order valence-corrected chi connectivity index (χ2v) is 4.40. The average Bonchev–Trinajstić information content (AvgIpc) is 2.84. The summed E-state index contributed by atoms with van der Waals surface area (Å²) < 4.78 is 20.6.